The molecule has 1 aromatic carbocycles. The Labute approximate surface area is 133 Å². The molecule has 0 saturated heterocycles. The molecule has 1 aromatic heterocycles. The summed E-state index contributed by atoms with van der Waals surface area (Å²) in [5.74, 6) is -2.64. The van der Waals surface area contributed by atoms with Crippen molar-refractivity contribution in [3.63, 3.8) is 0 Å². The van der Waals surface area contributed by atoms with E-state index in [0.717, 1.165) is 6.07 Å². The number of nitrogens with two attached hydrogens (primary N) is 1. The maximum absolute atomic E-state index is 13.3. The Bertz CT molecular complexity index is 872. The third kappa shape index (κ3) is 2.97. The molecule has 0 aliphatic rings. The van der Waals surface area contributed by atoms with Gasteiger partial charge in [0.1, 0.15) is 11.6 Å². The minimum absolute atomic E-state index is 0.134. The highest BCUT2D eigenvalue weighted by Gasteiger charge is 2.34. The Kier molecular flexibility index (Phi) is 4.37. The molecule has 0 unspecified atom stereocenters. The van der Waals surface area contributed by atoms with Crippen LogP contribution in [0.15, 0.2) is 23.0 Å². The SMILES string of the molecule is CCC(=N)c1c(N)[nH]c(-c2ccc(F)c(C(F)(F)F)c2)c(O)c1=O. The highest BCUT2D eigenvalue weighted by Crippen LogP contribution is 2.35. The van der Waals surface area contributed by atoms with Crippen LogP contribution in [-0.2, 0) is 6.18 Å². The van der Waals surface area contributed by atoms with E-state index in [1.165, 1.54) is 0 Å². The number of hydrogen-bond donors (Lipinski definition) is 4. The van der Waals surface area contributed by atoms with Crippen molar-refractivity contribution in [2.45, 2.75) is 19.5 Å². The number of aromatic amines is 1. The van der Waals surface area contributed by atoms with Crippen molar-refractivity contribution >= 4 is 11.5 Å². The van der Waals surface area contributed by atoms with Crippen LogP contribution in [0.5, 0.6) is 5.75 Å². The second-order valence-electron chi connectivity index (χ2n) is 4.99. The summed E-state index contributed by atoms with van der Waals surface area (Å²) in [7, 11) is 0. The first-order valence-corrected chi connectivity index (χ1v) is 6.77. The number of nitrogens with one attached hydrogen (secondary N) is 2. The molecule has 2 aromatic rings. The molecule has 0 spiro atoms. The molecule has 0 radical (unpaired) electrons. The van der Waals surface area contributed by atoms with Crippen LogP contribution in [0.3, 0.4) is 0 Å². The van der Waals surface area contributed by atoms with Crippen LogP contribution in [0.2, 0.25) is 0 Å². The lowest BCUT2D eigenvalue weighted by Crippen LogP contribution is -2.19. The van der Waals surface area contributed by atoms with E-state index in [9.17, 15) is 27.5 Å². The second kappa shape index (κ2) is 5.99. The summed E-state index contributed by atoms with van der Waals surface area (Å²) in [6, 6.07) is 2.01. The van der Waals surface area contributed by atoms with Gasteiger partial charge in [-0.25, -0.2) is 4.39 Å². The molecular weight excluding hydrogens is 330 g/mol. The summed E-state index contributed by atoms with van der Waals surface area (Å²) in [5.41, 5.74) is 2.11. The Morgan fingerprint density at radius 3 is 2.54 bits per heavy atom. The zero-order valence-corrected chi connectivity index (χ0v) is 12.4. The van der Waals surface area contributed by atoms with Crippen molar-refractivity contribution in [1.29, 1.82) is 5.41 Å². The Balaban J connectivity index is 2.72. The molecule has 5 nitrogen and oxygen atoms in total. The lowest BCUT2D eigenvalue weighted by Gasteiger charge is -2.13. The van der Waals surface area contributed by atoms with E-state index in [0.29, 0.717) is 12.1 Å². The fourth-order valence-electron chi connectivity index (χ4n) is 2.19. The van der Waals surface area contributed by atoms with E-state index in [1.54, 1.807) is 6.92 Å². The number of benzene rings is 1. The van der Waals surface area contributed by atoms with E-state index in [2.05, 4.69) is 4.98 Å². The molecule has 0 amide bonds. The van der Waals surface area contributed by atoms with E-state index >= 15 is 0 Å². The van der Waals surface area contributed by atoms with Crippen LogP contribution in [0.4, 0.5) is 23.4 Å². The van der Waals surface area contributed by atoms with Gasteiger partial charge < -0.3 is 21.2 Å². The van der Waals surface area contributed by atoms with Crippen molar-refractivity contribution in [3.8, 4) is 17.0 Å². The first-order chi connectivity index (χ1) is 11.1. The van der Waals surface area contributed by atoms with E-state index in [4.69, 9.17) is 11.1 Å². The smallest absolute Gasteiger partial charge is 0.419 e. The molecule has 1 heterocycles. The number of H-pyrrole nitrogens is 1. The summed E-state index contributed by atoms with van der Waals surface area (Å²) in [6.45, 7) is 1.60. The fraction of sp³-hybridized carbons (Fsp3) is 0.200. The van der Waals surface area contributed by atoms with Gasteiger partial charge >= 0.3 is 6.18 Å². The van der Waals surface area contributed by atoms with Gasteiger partial charge in [-0.15, -0.1) is 0 Å². The first kappa shape index (κ1) is 17.5. The predicted molar refractivity (Wildman–Crippen MR) is 80.7 cm³/mol. The first-order valence-electron chi connectivity index (χ1n) is 6.77. The molecule has 0 bridgehead atoms. The van der Waals surface area contributed by atoms with Crippen LogP contribution in [0.25, 0.3) is 11.3 Å². The van der Waals surface area contributed by atoms with Crippen molar-refractivity contribution in [1.82, 2.24) is 4.98 Å². The van der Waals surface area contributed by atoms with Gasteiger partial charge in [-0.05, 0) is 24.6 Å². The number of alkyl halides is 3. The molecule has 2 rings (SSSR count). The maximum atomic E-state index is 13.3. The minimum Gasteiger partial charge on any atom is -0.503 e. The van der Waals surface area contributed by atoms with E-state index in [-0.39, 0.29) is 34.8 Å². The average Bonchev–Trinajstić information content (AvgIpc) is 2.50. The van der Waals surface area contributed by atoms with Crippen LogP contribution < -0.4 is 11.2 Å². The molecule has 0 atom stereocenters. The highest BCUT2D eigenvalue weighted by molar-refractivity contribution is 6.02. The summed E-state index contributed by atoms with van der Waals surface area (Å²) in [6.07, 6.45) is -4.77. The zero-order chi connectivity index (χ0) is 18.2. The summed E-state index contributed by atoms with van der Waals surface area (Å²) in [5, 5.41) is 17.7. The number of hydrogen-bond acceptors (Lipinski definition) is 4. The van der Waals surface area contributed by atoms with Gasteiger partial charge in [-0.3, -0.25) is 4.79 Å². The summed E-state index contributed by atoms with van der Waals surface area (Å²) >= 11 is 0. The number of halogens is 4. The number of nitrogen functional groups attached to an aromatic ring is 1. The number of anilines is 1. The molecule has 0 aliphatic carbocycles. The standard InChI is InChI=1S/C15H13F4N3O2/c1-2-9(20)10-12(23)13(24)11(22-14(10)21)6-3-4-8(16)7(5-6)15(17,18)19/h3-5,20,24H,2H2,1H3,(H3,21,22,23). The summed E-state index contributed by atoms with van der Waals surface area (Å²) < 4.78 is 51.7. The zero-order valence-electron chi connectivity index (χ0n) is 12.4. The van der Waals surface area contributed by atoms with E-state index < -0.39 is 28.7 Å². The number of aromatic nitrogens is 1. The van der Waals surface area contributed by atoms with Gasteiger partial charge in [0.2, 0.25) is 5.43 Å². The molecule has 24 heavy (non-hydrogen) atoms. The molecule has 0 aliphatic heterocycles. The van der Waals surface area contributed by atoms with Crippen molar-refractivity contribution in [2.24, 2.45) is 0 Å². The number of rotatable bonds is 3. The van der Waals surface area contributed by atoms with Gasteiger partial charge in [0, 0.05) is 11.3 Å². The Morgan fingerprint density at radius 1 is 1.38 bits per heavy atom. The van der Waals surface area contributed by atoms with Crippen LogP contribution in [-0.4, -0.2) is 15.8 Å². The average molecular weight is 343 g/mol. The van der Waals surface area contributed by atoms with Crippen LogP contribution in [0, 0.1) is 11.2 Å². The summed E-state index contributed by atoms with van der Waals surface area (Å²) in [4.78, 5) is 14.6. The van der Waals surface area contributed by atoms with Gasteiger partial charge in [0.15, 0.2) is 5.75 Å². The third-order valence-electron chi connectivity index (χ3n) is 3.42. The monoisotopic (exact) mass is 343 g/mol. The fourth-order valence-corrected chi connectivity index (χ4v) is 2.19. The minimum atomic E-state index is -4.94. The van der Waals surface area contributed by atoms with Crippen molar-refractivity contribution in [3.05, 3.63) is 45.4 Å². The van der Waals surface area contributed by atoms with Gasteiger partial charge in [0.25, 0.3) is 0 Å². The molecule has 0 fully saturated rings. The highest BCUT2D eigenvalue weighted by atomic mass is 19.4. The molecule has 9 heteroatoms. The lowest BCUT2D eigenvalue weighted by atomic mass is 10.0. The van der Waals surface area contributed by atoms with Crippen molar-refractivity contribution < 1.29 is 22.7 Å². The second-order valence-corrected chi connectivity index (χ2v) is 4.99. The van der Waals surface area contributed by atoms with Crippen LogP contribution in [0.1, 0.15) is 24.5 Å². The number of aromatic hydroxyl groups is 1. The Morgan fingerprint density at radius 2 is 2.00 bits per heavy atom. The maximum Gasteiger partial charge on any atom is 0.419 e. The molecular formula is C15H13F4N3O2. The molecule has 5 N–H and O–H groups in total. The predicted octanol–water partition coefficient (Wildman–Crippen LogP) is 3.27. The van der Waals surface area contributed by atoms with Gasteiger partial charge in [-0.1, -0.05) is 6.92 Å². The normalized spacial score (nSPS) is 11.5. The molecule has 128 valence electrons. The van der Waals surface area contributed by atoms with Crippen molar-refractivity contribution in [2.75, 3.05) is 5.73 Å². The van der Waals surface area contributed by atoms with Gasteiger partial charge in [0.05, 0.1) is 16.8 Å². The quantitative estimate of drug-likeness (QED) is 0.508. The molecule has 0 saturated carbocycles. The number of pyridine rings is 1. The largest absolute Gasteiger partial charge is 0.503 e. The topological polar surface area (TPSA) is 103 Å². The lowest BCUT2D eigenvalue weighted by molar-refractivity contribution is -0.139. The van der Waals surface area contributed by atoms with Crippen LogP contribution >= 0.6 is 0 Å². The van der Waals surface area contributed by atoms with Gasteiger partial charge in [-0.2, -0.15) is 13.2 Å². The Hall–Kier alpha value is -2.84. The third-order valence-corrected chi connectivity index (χ3v) is 3.42. The van der Waals surface area contributed by atoms with E-state index in [1.807, 2.05) is 0 Å².